The van der Waals surface area contributed by atoms with Crippen LogP contribution in [0.1, 0.15) is 49.9 Å². The van der Waals surface area contributed by atoms with E-state index in [1.807, 2.05) is 0 Å². The number of rotatable bonds is 4. The first kappa shape index (κ1) is 28.5. The standard InChI is InChI=1S/C31H29.2ClH.Zr/c1-30(2,24-11-7-5-8-12-24)26-17-15-22-19-23-16-18-27(21-29(23)28(22)20-26)31(3,4)25-13-9-6-10-14-25;;;/h5-21H,1-4H3;2*1H;/q-1;;;. The molecule has 174 valence electrons. The van der Waals surface area contributed by atoms with Crippen molar-refractivity contribution in [3.63, 3.8) is 0 Å². The molecule has 0 heterocycles. The molecule has 0 spiro atoms. The van der Waals surface area contributed by atoms with Crippen molar-refractivity contribution in [1.82, 2.24) is 0 Å². The van der Waals surface area contributed by atoms with Crippen LogP contribution in [0.15, 0.2) is 103 Å². The molecule has 0 aliphatic heterocycles. The fraction of sp³-hybridized carbons (Fsp3) is 0.194. The summed E-state index contributed by atoms with van der Waals surface area (Å²) in [7, 11) is 0. The third-order valence-electron chi connectivity index (χ3n) is 7.14. The van der Waals surface area contributed by atoms with Gasteiger partial charge in [0.05, 0.1) is 0 Å². The van der Waals surface area contributed by atoms with E-state index >= 15 is 0 Å². The quantitative estimate of drug-likeness (QED) is 0.191. The summed E-state index contributed by atoms with van der Waals surface area (Å²) in [5.41, 5.74) is 5.31. The van der Waals surface area contributed by atoms with Gasteiger partial charge in [-0.15, -0.1) is 64.6 Å². The fourth-order valence-electron chi connectivity index (χ4n) is 4.82. The van der Waals surface area contributed by atoms with Crippen molar-refractivity contribution >= 4 is 46.4 Å². The molecule has 0 aromatic heterocycles. The van der Waals surface area contributed by atoms with E-state index in [4.69, 9.17) is 0 Å². The second-order valence-electron chi connectivity index (χ2n) is 9.73. The van der Waals surface area contributed by atoms with Crippen LogP contribution in [-0.4, -0.2) is 0 Å². The summed E-state index contributed by atoms with van der Waals surface area (Å²) in [6.45, 7) is 9.27. The van der Waals surface area contributed by atoms with Gasteiger partial charge in [-0.05, 0) is 11.1 Å². The summed E-state index contributed by atoms with van der Waals surface area (Å²) in [6, 6.07) is 37.9. The summed E-state index contributed by atoms with van der Waals surface area (Å²) >= 11 is 0. The van der Waals surface area contributed by atoms with Gasteiger partial charge in [0, 0.05) is 37.0 Å². The Morgan fingerprint density at radius 1 is 0.471 bits per heavy atom. The van der Waals surface area contributed by atoms with Crippen LogP contribution in [0.4, 0.5) is 0 Å². The zero-order chi connectivity index (χ0) is 21.6. The van der Waals surface area contributed by atoms with E-state index < -0.39 is 0 Å². The number of halogens is 2. The minimum Gasteiger partial charge on any atom is -0.147 e. The molecule has 0 saturated carbocycles. The predicted octanol–water partition coefficient (Wildman–Crippen LogP) is 9.20. The predicted molar refractivity (Wildman–Crippen MR) is 149 cm³/mol. The van der Waals surface area contributed by atoms with Gasteiger partial charge in [-0.2, -0.15) is 0 Å². The Hall–Kier alpha value is -1.79. The summed E-state index contributed by atoms with van der Waals surface area (Å²) < 4.78 is 0. The van der Waals surface area contributed by atoms with Crippen LogP contribution in [-0.2, 0) is 37.0 Å². The first-order valence-electron chi connectivity index (χ1n) is 11.1. The van der Waals surface area contributed by atoms with Gasteiger partial charge >= 0.3 is 0 Å². The van der Waals surface area contributed by atoms with E-state index in [9.17, 15) is 0 Å². The minimum atomic E-state index is -0.0417. The SMILES string of the molecule is CC(C)(c1ccccc1)c1ccc2[cH-]c3ccc(C(C)(C)c4ccccc4)cc3c2c1.Cl.Cl.[Zr]. The summed E-state index contributed by atoms with van der Waals surface area (Å²) in [5, 5.41) is 5.33. The monoisotopic (exact) mass is 563 g/mol. The normalized spacial score (nSPS) is 11.4. The van der Waals surface area contributed by atoms with Crippen LogP contribution < -0.4 is 0 Å². The van der Waals surface area contributed by atoms with E-state index in [1.54, 1.807) is 0 Å². The van der Waals surface area contributed by atoms with Crippen molar-refractivity contribution in [1.29, 1.82) is 0 Å². The summed E-state index contributed by atoms with van der Waals surface area (Å²) in [4.78, 5) is 0. The van der Waals surface area contributed by atoms with E-state index in [0.717, 1.165) is 0 Å². The minimum absolute atomic E-state index is 0. The average Bonchev–Trinajstić information content (AvgIpc) is 3.17. The molecule has 0 radical (unpaired) electrons. The molecular formula is C31H31Cl2Zr-. The summed E-state index contributed by atoms with van der Waals surface area (Å²) in [6.07, 6.45) is 0. The van der Waals surface area contributed by atoms with Crippen molar-refractivity contribution in [2.75, 3.05) is 0 Å². The molecule has 3 heteroatoms. The van der Waals surface area contributed by atoms with Crippen molar-refractivity contribution in [2.24, 2.45) is 0 Å². The van der Waals surface area contributed by atoms with Crippen molar-refractivity contribution in [2.45, 2.75) is 38.5 Å². The zero-order valence-electron chi connectivity index (χ0n) is 20.1. The maximum atomic E-state index is 2.41. The molecule has 0 unspecified atom stereocenters. The number of fused-ring (bicyclic) bond motifs is 3. The van der Waals surface area contributed by atoms with Crippen LogP contribution in [0.25, 0.3) is 21.5 Å². The Balaban J connectivity index is 0.00000136. The molecule has 0 saturated heterocycles. The van der Waals surface area contributed by atoms with Crippen molar-refractivity contribution in [3.8, 4) is 0 Å². The maximum absolute atomic E-state index is 2.41. The van der Waals surface area contributed by atoms with Gasteiger partial charge in [0.1, 0.15) is 0 Å². The van der Waals surface area contributed by atoms with Gasteiger partial charge in [0.2, 0.25) is 0 Å². The van der Waals surface area contributed by atoms with Gasteiger partial charge in [0.15, 0.2) is 0 Å². The van der Waals surface area contributed by atoms with E-state index in [0.29, 0.717) is 0 Å². The van der Waals surface area contributed by atoms with E-state index in [1.165, 1.54) is 43.8 Å². The topological polar surface area (TPSA) is 0 Å². The second-order valence-corrected chi connectivity index (χ2v) is 9.73. The van der Waals surface area contributed by atoms with Gasteiger partial charge in [-0.3, -0.25) is 0 Å². The second kappa shape index (κ2) is 10.9. The molecule has 0 amide bonds. The Bertz CT molecular complexity index is 1260. The Kier molecular flexibility index (Phi) is 9.09. The first-order chi connectivity index (χ1) is 14.9. The first-order valence-corrected chi connectivity index (χ1v) is 11.1. The van der Waals surface area contributed by atoms with Crippen LogP contribution in [0.3, 0.4) is 0 Å². The van der Waals surface area contributed by atoms with Crippen LogP contribution >= 0.6 is 24.8 Å². The maximum Gasteiger partial charge on any atom is 0.0133 e. The molecule has 0 nitrogen and oxygen atoms in total. The molecular weight excluding hydrogens is 534 g/mol. The fourth-order valence-corrected chi connectivity index (χ4v) is 4.82. The Morgan fingerprint density at radius 3 is 1.18 bits per heavy atom. The number of hydrogen-bond acceptors (Lipinski definition) is 0. The molecule has 34 heavy (non-hydrogen) atoms. The molecule has 5 rings (SSSR count). The van der Waals surface area contributed by atoms with Crippen molar-refractivity contribution < 1.29 is 26.2 Å². The molecule has 0 aliphatic carbocycles. The van der Waals surface area contributed by atoms with Crippen LogP contribution in [0, 0.1) is 0 Å². The van der Waals surface area contributed by atoms with Gasteiger partial charge in [0.25, 0.3) is 0 Å². The van der Waals surface area contributed by atoms with Crippen LogP contribution in [0.2, 0.25) is 0 Å². The molecule has 5 aromatic carbocycles. The van der Waals surface area contributed by atoms with Gasteiger partial charge < -0.3 is 0 Å². The number of hydrogen-bond donors (Lipinski definition) is 0. The third-order valence-corrected chi connectivity index (χ3v) is 7.14. The summed E-state index contributed by atoms with van der Waals surface area (Å²) in [5.74, 6) is 0. The van der Waals surface area contributed by atoms with E-state index in [-0.39, 0.29) is 61.8 Å². The van der Waals surface area contributed by atoms with Gasteiger partial charge in [-0.25, -0.2) is 0 Å². The molecule has 5 aromatic rings. The van der Waals surface area contributed by atoms with E-state index in [2.05, 4.69) is 131 Å². The Labute approximate surface area is 235 Å². The number of benzene rings is 4. The molecule has 0 fully saturated rings. The molecule has 0 atom stereocenters. The largest absolute Gasteiger partial charge is 0.147 e. The Morgan fingerprint density at radius 2 is 0.824 bits per heavy atom. The van der Waals surface area contributed by atoms with Crippen molar-refractivity contribution in [3.05, 3.63) is 125 Å². The molecule has 0 bridgehead atoms. The average molecular weight is 566 g/mol. The smallest absolute Gasteiger partial charge is 0.0133 e. The van der Waals surface area contributed by atoms with Crippen LogP contribution in [0.5, 0.6) is 0 Å². The zero-order valence-corrected chi connectivity index (χ0v) is 24.2. The third kappa shape index (κ3) is 4.94. The molecule has 0 aliphatic rings. The molecule has 0 N–H and O–H groups in total. The van der Waals surface area contributed by atoms with Gasteiger partial charge in [-0.1, -0.05) is 124 Å².